The molecule has 0 saturated carbocycles. The SMILES string of the molecule is CC(C)=NN=C1N(C)CC(=O)N1C. The van der Waals surface area contributed by atoms with E-state index in [1.54, 1.807) is 11.9 Å². The number of hydrogen-bond donors (Lipinski definition) is 0. The standard InChI is InChI=1S/C8H14N4O/c1-6(2)9-10-8-11(3)5-7(13)12(8)4/h5H2,1-4H3. The quantitative estimate of drug-likeness (QED) is 0.428. The fourth-order valence-electron chi connectivity index (χ4n) is 1.04. The molecule has 1 heterocycles. The van der Waals surface area contributed by atoms with E-state index in [4.69, 9.17) is 0 Å². The van der Waals surface area contributed by atoms with Crippen molar-refractivity contribution < 1.29 is 4.79 Å². The van der Waals surface area contributed by atoms with Gasteiger partial charge in [0.15, 0.2) is 0 Å². The van der Waals surface area contributed by atoms with Crippen molar-refractivity contribution in [1.82, 2.24) is 9.80 Å². The summed E-state index contributed by atoms with van der Waals surface area (Å²) in [6, 6.07) is 0. The second-order valence-electron chi connectivity index (χ2n) is 3.26. The summed E-state index contributed by atoms with van der Waals surface area (Å²) in [6.07, 6.45) is 0. The molecule has 0 spiro atoms. The Morgan fingerprint density at radius 2 is 2.00 bits per heavy atom. The molecule has 0 atom stereocenters. The summed E-state index contributed by atoms with van der Waals surface area (Å²) in [5.74, 6) is 0.649. The lowest BCUT2D eigenvalue weighted by atomic mass is 10.5. The molecule has 0 unspecified atom stereocenters. The molecule has 13 heavy (non-hydrogen) atoms. The molecule has 1 fully saturated rings. The molecule has 1 aliphatic rings. The molecule has 0 aromatic rings. The van der Waals surface area contributed by atoms with Crippen molar-refractivity contribution in [3.8, 4) is 0 Å². The minimum atomic E-state index is 0.0465. The number of amides is 1. The molecule has 72 valence electrons. The van der Waals surface area contributed by atoms with E-state index >= 15 is 0 Å². The van der Waals surface area contributed by atoms with Gasteiger partial charge in [-0.25, -0.2) is 0 Å². The molecule has 5 nitrogen and oxygen atoms in total. The molecule has 0 aliphatic carbocycles. The van der Waals surface area contributed by atoms with Crippen LogP contribution in [0.2, 0.25) is 0 Å². The molecule has 0 radical (unpaired) electrons. The molecular weight excluding hydrogens is 168 g/mol. The van der Waals surface area contributed by atoms with Crippen molar-refractivity contribution in [2.75, 3.05) is 20.6 Å². The maximum Gasteiger partial charge on any atom is 0.248 e. The van der Waals surface area contributed by atoms with Crippen LogP contribution in [0.3, 0.4) is 0 Å². The van der Waals surface area contributed by atoms with Crippen LogP contribution in [0.5, 0.6) is 0 Å². The number of hydrogen-bond acceptors (Lipinski definition) is 3. The maximum absolute atomic E-state index is 11.2. The Balaban J connectivity index is 2.85. The molecule has 5 heteroatoms. The zero-order chi connectivity index (χ0) is 10.0. The second-order valence-corrected chi connectivity index (χ2v) is 3.26. The van der Waals surface area contributed by atoms with Gasteiger partial charge < -0.3 is 4.90 Å². The van der Waals surface area contributed by atoms with Gasteiger partial charge in [0.05, 0.1) is 0 Å². The summed E-state index contributed by atoms with van der Waals surface area (Å²) in [5, 5.41) is 7.88. The highest BCUT2D eigenvalue weighted by Gasteiger charge is 2.28. The number of rotatable bonds is 1. The molecule has 0 N–H and O–H groups in total. The molecule has 0 aromatic carbocycles. The average Bonchev–Trinajstić information content (AvgIpc) is 2.24. The van der Waals surface area contributed by atoms with Crippen LogP contribution in [-0.4, -0.2) is 48.0 Å². The van der Waals surface area contributed by atoms with E-state index in [2.05, 4.69) is 10.2 Å². The number of carbonyl (C=O) groups excluding carboxylic acids is 1. The number of guanidine groups is 1. The zero-order valence-corrected chi connectivity index (χ0v) is 8.40. The third-order valence-electron chi connectivity index (χ3n) is 1.73. The molecule has 0 aromatic heterocycles. The van der Waals surface area contributed by atoms with E-state index in [0.717, 1.165) is 5.71 Å². The maximum atomic E-state index is 11.2. The molecule has 1 aliphatic heterocycles. The van der Waals surface area contributed by atoms with Gasteiger partial charge in [0.2, 0.25) is 11.9 Å². The number of nitrogens with zero attached hydrogens (tertiary/aromatic N) is 4. The fourth-order valence-corrected chi connectivity index (χ4v) is 1.04. The largest absolute Gasteiger partial charge is 0.335 e. The Bertz CT molecular complexity index is 278. The molecular formula is C8H14N4O. The van der Waals surface area contributed by atoms with Gasteiger partial charge in [-0.3, -0.25) is 9.69 Å². The molecule has 1 rings (SSSR count). The fraction of sp³-hybridized carbons (Fsp3) is 0.625. The van der Waals surface area contributed by atoms with Gasteiger partial charge in [-0.05, 0) is 13.8 Å². The normalized spacial score (nSPS) is 20.0. The number of carbonyl (C=O) groups is 1. The second kappa shape index (κ2) is 3.55. The minimum Gasteiger partial charge on any atom is -0.335 e. The van der Waals surface area contributed by atoms with E-state index in [-0.39, 0.29) is 5.91 Å². The Kier molecular flexibility index (Phi) is 2.65. The first-order chi connectivity index (χ1) is 6.02. The first-order valence-corrected chi connectivity index (χ1v) is 4.09. The van der Waals surface area contributed by atoms with Crippen molar-refractivity contribution in [1.29, 1.82) is 0 Å². The lowest BCUT2D eigenvalue weighted by Crippen LogP contribution is -2.29. The van der Waals surface area contributed by atoms with Crippen LogP contribution in [0.1, 0.15) is 13.8 Å². The smallest absolute Gasteiger partial charge is 0.248 e. The Hall–Kier alpha value is -1.39. The highest BCUT2D eigenvalue weighted by atomic mass is 16.2. The Labute approximate surface area is 77.7 Å². The third-order valence-corrected chi connectivity index (χ3v) is 1.73. The Morgan fingerprint density at radius 1 is 1.38 bits per heavy atom. The van der Waals surface area contributed by atoms with Crippen LogP contribution >= 0.6 is 0 Å². The van der Waals surface area contributed by atoms with E-state index in [0.29, 0.717) is 12.5 Å². The molecule has 0 bridgehead atoms. The van der Waals surface area contributed by atoms with Crippen molar-refractivity contribution >= 4 is 17.6 Å². The summed E-state index contributed by atoms with van der Waals surface area (Å²) in [5.41, 5.74) is 0.869. The van der Waals surface area contributed by atoms with Gasteiger partial charge in [-0.2, -0.15) is 5.10 Å². The lowest BCUT2D eigenvalue weighted by molar-refractivity contribution is -0.124. The summed E-state index contributed by atoms with van der Waals surface area (Å²) in [7, 11) is 3.52. The predicted octanol–water partition coefficient (Wildman–Crippen LogP) is 0.142. The topological polar surface area (TPSA) is 48.3 Å². The summed E-state index contributed by atoms with van der Waals surface area (Å²) >= 11 is 0. The van der Waals surface area contributed by atoms with Gasteiger partial charge in [-0.1, -0.05) is 0 Å². The van der Waals surface area contributed by atoms with Crippen LogP contribution in [0.4, 0.5) is 0 Å². The van der Waals surface area contributed by atoms with Crippen molar-refractivity contribution in [2.45, 2.75) is 13.8 Å². The summed E-state index contributed by atoms with van der Waals surface area (Å²) in [4.78, 5) is 14.5. The first-order valence-electron chi connectivity index (χ1n) is 4.09. The van der Waals surface area contributed by atoms with E-state index < -0.39 is 0 Å². The molecule has 1 amide bonds. The highest BCUT2D eigenvalue weighted by Crippen LogP contribution is 2.05. The van der Waals surface area contributed by atoms with Crippen molar-refractivity contribution in [3.05, 3.63) is 0 Å². The lowest BCUT2D eigenvalue weighted by Gasteiger charge is -2.11. The van der Waals surface area contributed by atoms with Gasteiger partial charge in [0, 0.05) is 19.8 Å². The Morgan fingerprint density at radius 3 is 2.38 bits per heavy atom. The van der Waals surface area contributed by atoms with Crippen LogP contribution in [0.15, 0.2) is 10.2 Å². The van der Waals surface area contributed by atoms with E-state index in [1.807, 2.05) is 20.9 Å². The molecule has 1 saturated heterocycles. The van der Waals surface area contributed by atoms with Gasteiger partial charge in [0.1, 0.15) is 6.54 Å². The van der Waals surface area contributed by atoms with Crippen LogP contribution in [-0.2, 0) is 4.79 Å². The van der Waals surface area contributed by atoms with Crippen molar-refractivity contribution in [3.63, 3.8) is 0 Å². The van der Waals surface area contributed by atoms with Crippen molar-refractivity contribution in [2.24, 2.45) is 10.2 Å². The predicted molar refractivity (Wildman–Crippen MR) is 51.6 cm³/mol. The first kappa shape index (κ1) is 9.70. The van der Waals surface area contributed by atoms with E-state index in [9.17, 15) is 4.79 Å². The van der Waals surface area contributed by atoms with E-state index in [1.165, 1.54) is 4.90 Å². The summed E-state index contributed by atoms with van der Waals surface area (Å²) < 4.78 is 0. The zero-order valence-electron chi connectivity index (χ0n) is 8.40. The van der Waals surface area contributed by atoms with Gasteiger partial charge >= 0.3 is 0 Å². The third kappa shape index (κ3) is 2.05. The summed E-state index contributed by atoms with van der Waals surface area (Å²) in [6.45, 7) is 4.11. The van der Waals surface area contributed by atoms with Gasteiger partial charge in [0.25, 0.3) is 0 Å². The number of likely N-dealkylation sites (N-methyl/N-ethyl adjacent to an activating group) is 2. The van der Waals surface area contributed by atoms with Gasteiger partial charge in [-0.15, -0.1) is 5.10 Å². The van der Waals surface area contributed by atoms with Crippen LogP contribution in [0.25, 0.3) is 0 Å². The van der Waals surface area contributed by atoms with Crippen LogP contribution in [0, 0.1) is 0 Å². The van der Waals surface area contributed by atoms with Crippen LogP contribution < -0.4 is 0 Å². The average molecular weight is 182 g/mol. The minimum absolute atomic E-state index is 0.0465. The monoisotopic (exact) mass is 182 g/mol. The highest BCUT2D eigenvalue weighted by molar-refractivity contribution is 6.04.